The van der Waals surface area contributed by atoms with E-state index in [1.807, 2.05) is 18.4 Å². The van der Waals surface area contributed by atoms with Gasteiger partial charge in [0.05, 0.1) is 4.88 Å². The molecule has 1 fully saturated rings. The molecule has 2 N–H and O–H groups in total. The molecule has 0 spiro atoms. The maximum absolute atomic E-state index is 12.3. The first kappa shape index (κ1) is 12.8. The summed E-state index contributed by atoms with van der Waals surface area (Å²) >= 11 is 1.57. The summed E-state index contributed by atoms with van der Waals surface area (Å²) in [5.41, 5.74) is 7.13. The van der Waals surface area contributed by atoms with Crippen molar-refractivity contribution in [3.05, 3.63) is 21.9 Å². The third kappa shape index (κ3) is 2.78. The zero-order valence-corrected chi connectivity index (χ0v) is 11.3. The number of Topliss-reactive ketones (excluding diaryl/α,β-unsaturated/α-hetero) is 1. The Morgan fingerprint density at radius 3 is 2.65 bits per heavy atom. The lowest BCUT2D eigenvalue weighted by molar-refractivity contribution is 0.0871. The van der Waals surface area contributed by atoms with Crippen molar-refractivity contribution in [2.75, 3.05) is 6.54 Å². The zero-order valence-electron chi connectivity index (χ0n) is 10.5. The van der Waals surface area contributed by atoms with Crippen molar-refractivity contribution in [3.63, 3.8) is 0 Å². The van der Waals surface area contributed by atoms with E-state index in [1.54, 1.807) is 11.3 Å². The molecule has 17 heavy (non-hydrogen) atoms. The molecule has 2 rings (SSSR count). The molecule has 3 heteroatoms. The molecule has 1 heterocycles. The highest BCUT2D eigenvalue weighted by Gasteiger charge is 2.33. The Balaban J connectivity index is 2.08. The zero-order chi connectivity index (χ0) is 12.3. The molecule has 1 saturated carbocycles. The number of rotatable bonds is 4. The predicted molar refractivity (Wildman–Crippen MR) is 72.6 cm³/mol. The lowest BCUT2D eigenvalue weighted by atomic mass is 9.71. The van der Waals surface area contributed by atoms with Gasteiger partial charge >= 0.3 is 0 Å². The lowest BCUT2D eigenvalue weighted by Gasteiger charge is -2.35. The second kappa shape index (κ2) is 5.32. The molecular weight excluding hydrogens is 230 g/mol. The molecule has 1 aliphatic carbocycles. The molecule has 0 atom stereocenters. The van der Waals surface area contributed by atoms with Crippen LogP contribution in [0.25, 0.3) is 0 Å². The maximum Gasteiger partial charge on any atom is 0.173 e. The van der Waals surface area contributed by atoms with Gasteiger partial charge in [-0.1, -0.05) is 19.3 Å². The highest BCUT2D eigenvalue weighted by atomic mass is 32.1. The molecule has 0 unspecified atom stereocenters. The number of carbonyl (C=O) groups excluding carboxylic acids is 1. The van der Waals surface area contributed by atoms with Crippen molar-refractivity contribution >= 4 is 17.1 Å². The van der Waals surface area contributed by atoms with Gasteiger partial charge in [-0.05, 0) is 48.7 Å². The Morgan fingerprint density at radius 1 is 1.41 bits per heavy atom. The van der Waals surface area contributed by atoms with Gasteiger partial charge in [0.2, 0.25) is 0 Å². The van der Waals surface area contributed by atoms with Crippen molar-refractivity contribution in [2.45, 2.75) is 45.4 Å². The monoisotopic (exact) mass is 251 g/mol. The number of carbonyl (C=O) groups is 1. The van der Waals surface area contributed by atoms with E-state index in [4.69, 9.17) is 5.73 Å². The summed E-state index contributed by atoms with van der Waals surface area (Å²) < 4.78 is 0. The third-order valence-electron chi connectivity index (χ3n) is 4.00. The Morgan fingerprint density at radius 2 is 2.12 bits per heavy atom. The minimum Gasteiger partial charge on any atom is -0.330 e. The molecule has 0 aliphatic heterocycles. The average molecular weight is 251 g/mol. The molecule has 1 aliphatic rings. The largest absolute Gasteiger partial charge is 0.330 e. The smallest absolute Gasteiger partial charge is 0.173 e. The van der Waals surface area contributed by atoms with E-state index >= 15 is 0 Å². The first-order chi connectivity index (χ1) is 8.17. The van der Waals surface area contributed by atoms with Gasteiger partial charge < -0.3 is 5.73 Å². The number of hydrogen-bond acceptors (Lipinski definition) is 3. The number of aryl methyl sites for hydroxylation is 1. The van der Waals surface area contributed by atoms with E-state index in [9.17, 15) is 4.79 Å². The van der Waals surface area contributed by atoms with Crippen LogP contribution in [0.2, 0.25) is 0 Å². The fourth-order valence-electron chi connectivity index (χ4n) is 2.83. The number of thiophene rings is 1. The second-order valence-electron chi connectivity index (χ2n) is 5.30. The first-order valence-electron chi connectivity index (χ1n) is 6.44. The Bertz CT molecular complexity index is 391. The van der Waals surface area contributed by atoms with Crippen molar-refractivity contribution in [1.82, 2.24) is 0 Å². The fourth-order valence-corrected chi connectivity index (χ4v) is 3.70. The van der Waals surface area contributed by atoms with Gasteiger partial charge in [0.25, 0.3) is 0 Å². The minimum absolute atomic E-state index is 0.0891. The molecule has 94 valence electrons. The molecule has 0 saturated heterocycles. The van der Waals surface area contributed by atoms with Gasteiger partial charge in [-0.15, -0.1) is 11.3 Å². The SMILES string of the molecule is Cc1ccsc1C(=O)CC1(CN)CCCCC1. The van der Waals surface area contributed by atoms with E-state index in [2.05, 4.69) is 0 Å². The maximum atomic E-state index is 12.3. The Hall–Kier alpha value is -0.670. The number of nitrogens with two attached hydrogens (primary N) is 1. The predicted octanol–water partition coefficient (Wildman–Crippen LogP) is 3.54. The van der Waals surface area contributed by atoms with Crippen LogP contribution in [0.15, 0.2) is 11.4 Å². The topological polar surface area (TPSA) is 43.1 Å². The van der Waals surface area contributed by atoms with Crippen molar-refractivity contribution in [2.24, 2.45) is 11.1 Å². The summed E-state index contributed by atoms with van der Waals surface area (Å²) in [5, 5.41) is 2.00. The van der Waals surface area contributed by atoms with Crippen molar-refractivity contribution in [3.8, 4) is 0 Å². The van der Waals surface area contributed by atoms with Crippen LogP contribution in [-0.2, 0) is 0 Å². The van der Waals surface area contributed by atoms with Crippen molar-refractivity contribution < 1.29 is 4.79 Å². The highest BCUT2D eigenvalue weighted by molar-refractivity contribution is 7.12. The first-order valence-corrected chi connectivity index (χ1v) is 7.32. The molecule has 0 aromatic carbocycles. The van der Waals surface area contributed by atoms with E-state index in [-0.39, 0.29) is 5.41 Å². The van der Waals surface area contributed by atoms with Crippen LogP contribution in [0.5, 0.6) is 0 Å². The second-order valence-corrected chi connectivity index (χ2v) is 6.21. The molecule has 0 radical (unpaired) electrons. The summed E-state index contributed by atoms with van der Waals surface area (Å²) in [6, 6.07) is 2.02. The summed E-state index contributed by atoms with van der Waals surface area (Å²) in [6.45, 7) is 2.67. The highest BCUT2D eigenvalue weighted by Crippen LogP contribution is 2.39. The molecule has 2 nitrogen and oxygen atoms in total. The van der Waals surface area contributed by atoms with Crippen LogP contribution in [0, 0.1) is 12.3 Å². The molecule has 0 amide bonds. The number of hydrogen-bond donors (Lipinski definition) is 1. The van der Waals surface area contributed by atoms with Crippen molar-refractivity contribution in [1.29, 1.82) is 0 Å². The van der Waals surface area contributed by atoms with Gasteiger partial charge in [-0.2, -0.15) is 0 Å². The standard InChI is InChI=1S/C14H21NOS/c1-11-5-8-17-13(11)12(16)9-14(10-15)6-3-2-4-7-14/h5,8H,2-4,6-7,9-10,15H2,1H3. The summed E-state index contributed by atoms with van der Waals surface area (Å²) in [7, 11) is 0. The fraction of sp³-hybridized carbons (Fsp3) is 0.643. The van der Waals surface area contributed by atoms with Crippen LogP contribution < -0.4 is 5.73 Å². The van der Waals surface area contributed by atoms with Gasteiger partial charge in [0, 0.05) is 6.42 Å². The Labute approximate surface area is 107 Å². The third-order valence-corrected chi connectivity index (χ3v) is 5.06. The van der Waals surface area contributed by atoms with E-state index in [0.29, 0.717) is 18.7 Å². The van der Waals surface area contributed by atoms with E-state index in [1.165, 1.54) is 19.3 Å². The van der Waals surface area contributed by atoms with Crippen LogP contribution in [0.4, 0.5) is 0 Å². The average Bonchev–Trinajstić information content (AvgIpc) is 2.77. The quantitative estimate of drug-likeness (QED) is 0.832. The molecule has 1 aromatic heterocycles. The van der Waals surface area contributed by atoms with Crippen LogP contribution >= 0.6 is 11.3 Å². The Kier molecular flexibility index (Phi) is 4.00. The van der Waals surface area contributed by atoms with Gasteiger partial charge in [0.1, 0.15) is 0 Å². The summed E-state index contributed by atoms with van der Waals surface area (Å²) in [5.74, 6) is 0.296. The summed E-state index contributed by atoms with van der Waals surface area (Å²) in [4.78, 5) is 13.2. The summed E-state index contributed by atoms with van der Waals surface area (Å²) in [6.07, 6.45) is 6.65. The van der Waals surface area contributed by atoms with Gasteiger partial charge in [-0.25, -0.2) is 0 Å². The van der Waals surface area contributed by atoms with Gasteiger partial charge in [0.15, 0.2) is 5.78 Å². The molecular formula is C14H21NOS. The van der Waals surface area contributed by atoms with Crippen LogP contribution in [0.3, 0.4) is 0 Å². The molecule has 1 aromatic rings. The number of ketones is 1. The normalized spacial score (nSPS) is 19.2. The van der Waals surface area contributed by atoms with Gasteiger partial charge in [-0.3, -0.25) is 4.79 Å². The molecule has 0 bridgehead atoms. The van der Waals surface area contributed by atoms with Crippen LogP contribution in [0.1, 0.15) is 53.8 Å². The lowest BCUT2D eigenvalue weighted by Crippen LogP contribution is -2.35. The van der Waals surface area contributed by atoms with Crippen LogP contribution in [-0.4, -0.2) is 12.3 Å². The minimum atomic E-state index is 0.0891. The van der Waals surface area contributed by atoms with E-state index < -0.39 is 0 Å². The van der Waals surface area contributed by atoms with E-state index in [0.717, 1.165) is 23.3 Å².